The zero-order valence-electron chi connectivity index (χ0n) is 22.7. The Kier molecular flexibility index (Phi) is 7.08. The van der Waals surface area contributed by atoms with Crippen LogP contribution in [0.2, 0.25) is 0 Å². The van der Waals surface area contributed by atoms with Crippen molar-refractivity contribution in [3.8, 4) is 11.1 Å². The number of rotatable bonds is 7. The number of hydrogen-bond acceptors (Lipinski definition) is 10. The van der Waals surface area contributed by atoms with E-state index in [2.05, 4.69) is 10.3 Å². The van der Waals surface area contributed by atoms with E-state index in [0.717, 1.165) is 24.3 Å². The van der Waals surface area contributed by atoms with Gasteiger partial charge in [0.1, 0.15) is 4.90 Å². The number of ketones is 2. The molecule has 1 aliphatic rings. The van der Waals surface area contributed by atoms with Crippen LogP contribution in [0.4, 0.5) is 11.4 Å². The molecule has 17 heteroatoms. The Bertz CT molecular complexity index is 2590. The van der Waals surface area contributed by atoms with E-state index in [9.17, 15) is 53.3 Å². The van der Waals surface area contributed by atoms with E-state index in [-0.39, 0.29) is 50.1 Å². The second-order valence-electron chi connectivity index (χ2n) is 10.1. The van der Waals surface area contributed by atoms with Crippen molar-refractivity contribution in [1.82, 2.24) is 4.98 Å². The lowest BCUT2D eigenvalue weighted by atomic mass is 9.80. The Morgan fingerprint density at radius 3 is 1.93 bits per heavy atom. The van der Waals surface area contributed by atoms with Crippen LogP contribution in [0.1, 0.15) is 31.8 Å². The van der Waals surface area contributed by atoms with Gasteiger partial charge < -0.3 is 10.3 Å². The lowest BCUT2D eigenvalue weighted by Gasteiger charge is -2.24. The van der Waals surface area contributed by atoms with Crippen molar-refractivity contribution in [3.05, 3.63) is 111 Å². The van der Waals surface area contributed by atoms with Gasteiger partial charge in [-0.25, -0.2) is 0 Å². The van der Waals surface area contributed by atoms with Gasteiger partial charge in [0.2, 0.25) is 0 Å². The molecule has 0 atom stereocenters. The molecule has 0 saturated carbocycles. The first-order chi connectivity index (χ1) is 21.5. The van der Waals surface area contributed by atoms with Gasteiger partial charge in [-0.2, -0.15) is 25.3 Å². The molecule has 0 amide bonds. The molecule has 5 aromatic rings. The third kappa shape index (κ3) is 5.19. The van der Waals surface area contributed by atoms with E-state index in [0.29, 0.717) is 6.07 Å². The van der Waals surface area contributed by atoms with E-state index in [1.54, 1.807) is 6.07 Å². The minimum Gasteiger partial charge on any atom is -0.354 e. The molecule has 5 N–H and O–H groups in total. The van der Waals surface area contributed by atoms with Gasteiger partial charge in [0, 0.05) is 27.6 Å². The number of carbonyl (C=O) groups is 2. The van der Waals surface area contributed by atoms with Gasteiger partial charge in [-0.15, -0.1) is 0 Å². The summed E-state index contributed by atoms with van der Waals surface area (Å²) in [6.45, 7) is 0. The first kappa shape index (κ1) is 31.0. The van der Waals surface area contributed by atoms with E-state index in [1.165, 1.54) is 42.5 Å². The Balaban J connectivity index is 1.65. The molecule has 234 valence electrons. The number of H-pyrrole nitrogens is 1. The molecule has 6 rings (SSSR count). The molecule has 0 saturated heterocycles. The highest BCUT2D eigenvalue weighted by molar-refractivity contribution is 7.86. The first-order valence-electron chi connectivity index (χ1n) is 12.8. The van der Waals surface area contributed by atoms with Crippen LogP contribution in [0.5, 0.6) is 0 Å². The molecular formula is C29H18N2O12S3. The average Bonchev–Trinajstić information content (AvgIpc) is 2.98. The zero-order valence-corrected chi connectivity index (χ0v) is 25.2. The maximum absolute atomic E-state index is 14.0. The minimum atomic E-state index is -5.10. The van der Waals surface area contributed by atoms with Crippen LogP contribution >= 0.6 is 0 Å². The second kappa shape index (κ2) is 10.5. The zero-order chi connectivity index (χ0) is 33.3. The van der Waals surface area contributed by atoms with Gasteiger partial charge in [0.05, 0.1) is 32.3 Å². The van der Waals surface area contributed by atoms with Crippen LogP contribution in [-0.2, 0) is 30.4 Å². The van der Waals surface area contributed by atoms with Crippen molar-refractivity contribution >= 4 is 64.2 Å². The minimum absolute atomic E-state index is 0.00610. The van der Waals surface area contributed by atoms with Crippen molar-refractivity contribution in [1.29, 1.82) is 0 Å². The molecule has 0 unspecified atom stereocenters. The summed E-state index contributed by atoms with van der Waals surface area (Å²) in [6, 6.07) is 15.4. The van der Waals surface area contributed by atoms with Crippen LogP contribution in [0.25, 0.3) is 22.0 Å². The molecule has 0 spiro atoms. The number of pyridine rings is 1. The Morgan fingerprint density at radius 1 is 0.652 bits per heavy atom. The van der Waals surface area contributed by atoms with Crippen molar-refractivity contribution in [2.24, 2.45) is 0 Å². The smallest absolute Gasteiger partial charge is 0.296 e. The van der Waals surface area contributed by atoms with Crippen LogP contribution in [0.15, 0.2) is 98.3 Å². The number of carbonyl (C=O) groups excluding carboxylic acids is 2. The average molecular weight is 683 g/mol. The number of benzene rings is 4. The van der Waals surface area contributed by atoms with Crippen LogP contribution in [0.3, 0.4) is 0 Å². The van der Waals surface area contributed by atoms with Gasteiger partial charge >= 0.3 is 0 Å². The van der Waals surface area contributed by atoms with Crippen LogP contribution in [0, 0.1) is 0 Å². The fraction of sp³-hybridized carbons (Fsp3) is 0. The Hall–Kier alpha value is -5.04. The number of hydrogen-bond donors (Lipinski definition) is 5. The molecule has 46 heavy (non-hydrogen) atoms. The highest BCUT2D eigenvalue weighted by Gasteiger charge is 2.34. The number of fused-ring (bicyclic) bond motifs is 2. The molecule has 1 heterocycles. The van der Waals surface area contributed by atoms with Gasteiger partial charge in [-0.3, -0.25) is 28.0 Å². The third-order valence-corrected chi connectivity index (χ3v) is 9.86. The number of aromatic nitrogens is 1. The SMILES string of the molecule is O=C(c1cccc(S(=O)(=O)O)c1)c1c2c3c(c(Nc4ccc(S(=O)(=O)O)cc4S(=O)(=O)O)ccc3[nH]c1=O)C(=O)c1ccccc1-2. The molecule has 0 radical (unpaired) electrons. The predicted octanol–water partition coefficient (Wildman–Crippen LogP) is 3.45. The fourth-order valence-corrected chi connectivity index (χ4v) is 7.10. The summed E-state index contributed by atoms with van der Waals surface area (Å²) in [5.41, 5.74) is -1.86. The normalized spacial score (nSPS) is 13.0. The summed E-state index contributed by atoms with van der Waals surface area (Å²) in [4.78, 5) is 41.5. The molecule has 0 aliphatic heterocycles. The van der Waals surface area contributed by atoms with Gasteiger partial charge in [0.25, 0.3) is 35.9 Å². The number of anilines is 2. The number of nitrogens with one attached hydrogen (secondary N) is 2. The van der Waals surface area contributed by atoms with Crippen molar-refractivity contribution in [2.75, 3.05) is 5.32 Å². The molecule has 0 bridgehead atoms. The molecule has 14 nitrogen and oxygen atoms in total. The Labute approximate surface area is 259 Å². The maximum Gasteiger partial charge on any atom is 0.296 e. The summed E-state index contributed by atoms with van der Waals surface area (Å²) in [5, 5.41) is 2.76. The molecule has 4 aromatic carbocycles. The van der Waals surface area contributed by atoms with Crippen molar-refractivity contribution < 1.29 is 48.5 Å². The summed E-state index contributed by atoms with van der Waals surface area (Å²) < 4.78 is 99.9. The number of aromatic amines is 1. The second-order valence-corrected chi connectivity index (χ2v) is 14.3. The maximum atomic E-state index is 14.0. The van der Waals surface area contributed by atoms with Gasteiger partial charge in [0.15, 0.2) is 11.6 Å². The molecular weight excluding hydrogens is 665 g/mol. The third-order valence-electron chi connectivity index (χ3n) is 7.27. The van der Waals surface area contributed by atoms with E-state index < -0.39 is 67.7 Å². The topological polar surface area (TPSA) is 242 Å². The fourth-order valence-electron chi connectivity index (χ4n) is 5.32. The highest BCUT2D eigenvalue weighted by atomic mass is 32.2. The van der Waals surface area contributed by atoms with Gasteiger partial charge in [-0.1, -0.05) is 36.4 Å². The van der Waals surface area contributed by atoms with Crippen molar-refractivity contribution in [2.45, 2.75) is 14.7 Å². The summed E-state index contributed by atoms with van der Waals surface area (Å²) in [6.07, 6.45) is 0. The summed E-state index contributed by atoms with van der Waals surface area (Å²) in [5.74, 6) is -1.55. The monoisotopic (exact) mass is 682 g/mol. The van der Waals surface area contributed by atoms with E-state index in [4.69, 9.17) is 0 Å². The molecule has 1 aromatic heterocycles. The first-order valence-corrected chi connectivity index (χ1v) is 17.1. The molecule has 1 aliphatic carbocycles. The van der Waals surface area contributed by atoms with Gasteiger partial charge in [-0.05, 0) is 48.0 Å². The van der Waals surface area contributed by atoms with Crippen molar-refractivity contribution in [3.63, 3.8) is 0 Å². The van der Waals surface area contributed by atoms with Crippen LogP contribution in [-0.4, -0.2) is 55.5 Å². The highest BCUT2D eigenvalue weighted by Crippen LogP contribution is 2.44. The largest absolute Gasteiger partial charge is 0.354 e. The lowest BCUT2D eigenvalue weighted by molar-refractivity contribution is 0.102. The summed E-state index contributed by atoms with van der Waals surface area (Å²) >= 11 is 0. The quantitative estimate of drug-likeness (QED) is 0.120. The predicted molar refractivity (Wildman–Crippen MR) is 162 cm³/mol. The molecule has 0 fully saturated rings. The standard InChI is InChI=1S/C29H18N2O12S3/c32-27(14-4-3-5-15(12-14)44(35,36)37)26-23-17-6-1-2-7-18(17)28(33)25-21(11-10-20(24(23)25)31-29(26)34)30-19-9-8-16(45(38,39)40)13-22(19)46(41,42)43/h1-13,30H,(H,31,34)(H,35,36,37)(H,38,39,40)(H,41,42,43). The lowest BCUT2D eigenvalue weighted by Crippen LogP contribution is -2.24. The Morgan fingerprint density at radius 2 is 1.28 bits per heavy atom. The van der Waals surface area contributed by atoms with E-state index >= 15 is 0 Å². The summed E-state index contributed by atoms with van der Waals surface area (Å²) in [7, 11) is -14.7. The van der Waals surface area contributed by atoms with Crippen LogP contribution < -0.4 is 10.9 Å². The van der Waals surface area contributed by atoms with E-state index in [1.807, 2.05) is 0 Å².